The first-order valence-electron chi connectivity index (χ1n) is 10.9. The van der Waals surface area contributed by atoms with E-state index in [9.17, 15) is 0 Å². The zero-order chi connectivity index (χ0) is 22.1. The molecule has 1 fully saturated rings. The van der Waals surface area contributed by atoms with E-state index in [2.05, 4.69) is 46.5 Å². The molecule has 164 valence electrons. The Balaban J connectivity index is 1.35. The molecule has 1 unspecified atom stereocenters. The first kappa shape index (κ1) is 20.6. The summed E-state index contributed by atoms with van der Waals surface area (Å²) in [6.45, 7) is 7.30. The van der Waals surface area contributed by atoms with Crippen LogP contribution in [0.3, 0.4) is 0 Å². The average Bonchev–Trinajstić information content (AvgIpc) is 3.13. The number of hydrogen-bond donors (Lipinski definition) is 0. The second kappa shape index (κ2) is 8.68. The van der Waals surface area contributed by atoms with Crippen molar-refractivity contribution in [1.82, 2.24) is 24.3 Å². The van der Waals surface area contributed by atoms with Gasteiger partial charge in [-0.3, -0.25) is 9.88 Å². The van der Waals surface area contributed by atoms with Crippen LogP contribution in [0.2, 0.25) is 0 Å². The molecule has 1 aliphatic rings. The van der Waals surface area contributed by atoms with Crippen molar-refractivity contribution in [3.63, 3.8) is 0 Å². The van der Waals surface area contributed by atoms with E-state index >= 15 is 0 Å². The molecule has 3 aromatic heterocycles. The SMILES string of the molecule is COc1ccc(-c2cncc(C3CN(Cc4c(C)nc5cc(C)ccn45)CCO3)n2)cc1. The Morgan fingerprint density at radius 3 is 2.75 bits per heavy atom. The lowest BCUT2D eigenvalue weighted by molar-refractivity contribution is -0.0355. The van der Waals surface area contributed by atoms with Crippen LogP contribution < -0.4 is 4.74 Å². The second-order valence-electron chi connectivity index (χ2n) is 8.23. The minimum atomic E-state index is -0.115. The van der Waals surface area contributed by atoms with Crippen LogP contribution in [0.5, 0.6) is 5.75 Å². The molecule has 0 amide bonds. The van der Waals surface area contributed by atoms with Gasteiger partial charge in [-0.15, -0.1) is 0 Å². The summed E-state index contributed by atoms with van der Waals surface area (Å²) in [5, 5.41) is 0. The van der Waals surface area contributed by atoms with Crippen LogP contribution in [-0.2, 0) is 11.3 Å². The highest BCUT2D eigenvalue weighted by molar-refractivity contribution is 5.59. The standard InChI is InChI=1S/C25H27N5O2/c1-17-8-9-30-23(18(2)27-25(30)12-17)15-29-10-11-32-24(16-29)22-14-26-13-21(28-22)19-4-6-20(31-3)7-5-19/h4-9,12-14,24H,10-11,15-16H2,1-3H3. The summed E-state index contributed by atoms with van der Waals surface area (Å²) in [5.41, 5.74) is 7.20. The topological polar surface area (TPSA) is 64.8 Å². The Labute approximate surface area is 187 Å². The van der Waals surface area contributed by atoms with E-state index < -0.39 is 0 Å². The molecule has 7 heteroatoms. The van der Waals surface area contributed by atoms with Gasteiger partial charge in [-0.1, -0.05) is 0 Å². The molecule has 0 aliphatic carbocycles. The highest BCUT2D eigenvalue weighted by atomic mass is 16.5. The summed E-state index contributed by atoms with van der Waals surface area (Å²) >= 11 is 0. The van der Waals surface area contributed by atoms with Crippen LogP contribution in [0.4, 0.5) is 0 Å². The smallest absolute Gasteiger partial charge is 0.137 e. The van der Waals surface area contributed by atoms with Crippen LogP contribution >= 0.6 is 0 Å². The number of morpholine rings is 1. The molecule has 1 atom stereocenters. The van der Waals surface area contributed by atoms with E-state index in [4.69, 9.17) is 19.4 Å². The number of aromatic nitrogens is 4. The Morgan fingerprint density at radius 2 is 1.94 bits per heavy atom. The lowest BCUT2D eigenvalue weighted by Crippen LogP contribution is -2.38. The van der Waals surface area contributed by atoms with Gasteiger partial charge in [0.1, 0.15) is 17.5 Å². The number of imidazole rings is 1. The van der Waals surface area contributed by atoms with Crippen molar-refractivity contribution < 1.29 is 9.47 Å². The van der Waals surface area contributed by atoms with Crippen molar-refractivity contribution in [3.8, 4) is 17.0 Å². The fourth-order valence-electron chi connectivity index (χ4n) is 4.18. The number of pyridine rings is 1. The van der Waals surface area contributed by atoms with Crippen molar-refractivity contribution >= 4 is 5.65 Å². The zero-order valence-electron chi connectivity index (χ0n) is 18.7. The van der Waals surface area contributed by atoms with Gasteiger partial charge in [-0.05, 0) is 55.8 Å². The maximum Gasteiger partial charge on any atom is 0.137 e. The predicted molar refractivity (Wildman–Crippen MR) is 123 cm³/mol. The van der Waals surface area contributed by atoms with Gasteiger partial charge >= 0.3 is 0 Å². The molecule has 0 radical (unpaired) electrons. The monoisotopic (exact) mass is 429 g/mol. The van der Waals surface area contributed by atoms with E-state index in [-0.39, 0.29) is 6.10 Å². The number of rotatable bonds is 5. The number of hydrogen-bond acceptors (Lipinski definition) is 6. The minimum absolute atomic E-state index is 0.115. The zero-order valence-corrected chi connectivity index (χ0v) is 18.7. The van der Waals surface area contributed by atoms with Crippen LogP contribution in [0, 0.1) is 13.8 Å². The Hall–Kier alpha value is -3.29. The van der Waals surface area contributed by atoms with Crippen molar-refractivity contribution in [1.29, 1.82) is 0 Å². The first-order valence-corrected chi connectivity index (χ1v) is 10.9. The maximum absolute atomic E-state index is 6.09. The third-order valence-corrected chi connectivity index (χ3v) is 5.97. The van der Waals surface area contributed by atoms with Gasteiger partial charge in [-0.25, -0.2) is 9.97 Å². The largest absolute Gasteiger partial charge is 0.497 e. The van der Waals surface area contributed by atoms with Gasteiger partial charge < -0.3 is 13.9 Å². The normalized spacial score (nSPS) is 17.0. The second-order valence-corrected chi connectivity index (χ2v) is 8.23. The van der Waals surface area contributed by atoms with Crippen LogP contribution in [0.15, 0.2) is 55.0 Å². The molecule has 0 saturated carbocycles. The number of nitrogens with zero attached hydrogens (tertiary/aromatic N) is 5. The number of benzene rings is 1. The molecule has 32 heavy (non-hydrogen) atoms. The molecular formula is C25H27N5O2. The van der Waals surface area contributed by atoms with Crippen molar-refractivity contribution in [2.45, 2.75) is 26.5 Å². The Kier molecular flexibility index (Phi) is 5.59. The fourth-order valence-corrected chi connectivity index (χ4v) is 4.18. The van der Waals surface area contributed by atoms with E-state index in [0.29, 0.717) is 6.61 Å². The average molecular weight is 430 g/mol. The summed E-state index contributed by atoms with van der Waals surface area (Å²) in [7, 11) is 1.66. The molecule has 0 bridgehead atoms. The minimum Gasteiger partial charge on any atom is -0.497 e. The molecule has 5 rings (SSSR count). The third kappa shape index (κ3) is 4.09. The number of ether oxygens (including phenoxy) is 2. The van der Waals surface area contributed by atoms with E-state index in [1.807, 2.05) is 30.5 Å². The van der Waals surface area contributed by atoms with Crippen LogP contribution in [0.1, 0.15) is 28.7 Å². The number of aryl methyl sites for hydroxylation is 2. The van der Waals surface area contributed by atoms with Crippen LogP contribution in [-0.4, -0.2) is 51.1 Å². The quantitative estimate of drug-likeness (QED) is 0.478. The molecule has 1 aliphatic heterocycles. The number of fused-ring (bicyclic) bond motifs is 1. The highest BCUT2D eigenvalue weighted by Crippen LogP contribution is 2.26. The molecule has 0 spiro atoms. The van der Waals surface area contributed by atoms with Crippen molar-refractivity contribution in [3.05, 3.63) is 77.6 Å². The molecule has 1 aromatic carbocycles. The van der Waals surface area contributed by atoms with Crippen molar-refractivity contribution in [2.75, 3.05) is 26.8 Å². The molecule has 1 saturated heterocycles. The summed E-state index contributed by atoms with van der Waals surface area (Å²) in [6, 6.07) is 12.1. The van der Waals surface area contributed by atoms with Gasteiger partial charge in [0.2, 0.25) is 0 Å². The number of methoxy groups -OCH3 is 1. The lowest BCUT2D eigenvalue weighted by atomic mass is 10.1. The molecule has 4 aromatic rings. The molecular weight excluding hydrogens is 402 g/mol. The summed E-state index contributed by atoms with van der Waals surface area (Å²) in [6.07, 6.45) is 5.59. The third-order valence-electron chi connectivity index (χ3n) is 5.97. The van der Waals surface area contributed by atoms with Gasteiger partial charge in [-0.2, -0.15) is 0 Å². The van der Waals surface area contributed by atoms with E-state index in [1.165, 1.54) is 11.3 Å². The Bertz CT molecular complexity index is 1240. The van der Waals surface area contributed by atoms with Crippen molar-refractivity contribution in [2.24, 2.45) is 0 Å². The maximum atomic E-state index is 6.09. The van der Waals surface area contributed by atoms with Crippen LogP contribution in [0.25, 0.3) is 16.9 Å². The fraction of sp³-hybridized carbons (Fsp3) is 0.320. The van der Waals surface area contributed by atoms with Gasteiger partial charge in [0.15, 0.2) is 0 Å². The predicted octanol–water partition coefficient (Wildman–Crippen LogP) is 3.99. The summed E-state index contributed by atoms with van der Waals surface area (Å²) in [4.78, 5) is 16.5. The molecule has 4 heterocycles. The molecule has 7 nitrogen and oxygen atoms in total. The van der Waals surface area contributed by atoms with E-state index in [1.54, 1.807) is 13.3 Å². The first-order chi connectivity index (χ1) is 15.6. The van der Waals surface area contributed by atoms with Gasteiger partial charge in [0.25, 0.3) is 0 Å². The lowest BCUT2D eigenvalue weighted by Gasteiger charge is -2.32. The summed E-state index contributed by atoms with van der Waals surface area (Å²) < 4.78 is 13.5. The molecule has 0 N–H and O–H groups in total. The summed E-state index contributed by atoms with van der Waals surface area (Å²) in [5.74, 6) is 0.821. The van der Waals surface area contributed by atoms with Gasteiger partial charge in [0, 0.05) is 31.4 Å². The van der Waals surface area contributed by atoms with Gasteiger partial charge in [0.05, 0.1) is 48.9 Å². The Morgan fingerprint density at radius 1 is 1.09 bits per heavy atom. The van der Waals surface area contributed by atoms with E-state index in [0.717, 1.165) is 53.7 Å². The highest BCUT2D eigenvalue weighted by Gasteiger charge is 2.25.